The Morgan fingerprint density at radius 2 is 0.981 bits per heavy atom. The molecule has 0 N–H and O–H groups in total. The fourth-order valence-corrected chi connectivity index (χ4v) is 10.3. The van der Waals surface area contributed by atoms with E-state index in [9.17, 15) is 10.5 Å². The van der Waals surface area contributed by atoms with Crippen molar-refractivity contribution in [2.75, 3.05) is 0 Å². The van der Waals surface area contributed by atoms with Crippen LogP contribution in [0.3, 0.4) is 0 Å². The van der Waals surface area contributed by atoms with Gasteiger partial charge in [0.05, 0.1) is 28.7 Å². The maximum atomic E-state index is 10.2. The van der Waals surface area contributed by atoms with E-state index < -0.39 is 5.41 Å². The monoisotopic (exact) mass is 700 g/mol. The Labute approximate surface area is 317 Å². The first-order valence-electron chi connectivity index (χ1n) is 18.1. The highest BCUT2D eigenvalue weighted by Gasteiger charge is 2.52. The minimum absolute atomic E-state index is 0.613. The molecule has 54 heavy (non-hydrogen) atoms. The number of benzene rings is 8. The third-order valence-electron chi connectivity index (χ3n) is 11.5. The predicted molar refractivity (Wildman–Crippen MR) is 221 cm³/mol. The van der Waals surface area contributed by atoms with Gasteiger partial charge in [0.15, 0.2) is 0 Å². The Morgan fingerprint density at radius 1 is 0.389 bits per heavy atom. The smallest absolute Gasteiger partial charge is 0.0991 e. The quantitative estimate of drug-likeness (QED) is 0.184. The number of hydrogen-bond acceptors (Lipinski definition) is 3. The van der Waals surface area contributed by atoms with Crippen molar-refractivity contribution >= 4 is 31.5 Å². The van der Waals surface area contributed by atoms with E-state index in [4.69, 9.17) is 0 Å². The summed E-state index contributed by atoms with van der Waals surface area (Å²) in [5.41, 5.74) is 17.3. The molecule has 2 nitrogen and oxygen atoms in total. The summed E-state index contributed by atoms with van der Waals surface area (Å²) in [5, 5.41) is 22.4. The highest BCUT2D eigenvalue weighted by molar-refractivity contribution is 7.26. The summed E-state index contributed by atoms with van der Waals surface area (Å²) in [5.74, 6) is 0. The zero-order valence-corrected chi connectivity index (χ0v) is 29.8. The van der Waals surface area contributed by atoms with E-state index in [2.05, 4.69) is 164 Å². The molecule has 3 heteroatoms. The molecule has 0 fully saturated rings. The van der Waals surface area contributed by atoms with Crippen LogP contribution in [0, 0.1) is 22.7 Å². The molecule has 1 heterocycles. The Balaban J connectivity index is 1.20. The molecule has 2 aliphatic rings. The number of rotatable bonds is 3. The van der Waals surface area contributed by atoms with Gasteiger partial charge in [-0.15, -0.1) is 11.3 Å². The summed E-state index contributed by atoms with van der Waals surface area (Å²) < 4.78 is 2.36. The van der Waals surface area contributed by atoms with Gasteiger partial charge in [-0.2, -0.15) is 10.5 Å². The fraction of sp³-hybridized carbons (Fsp3) is 0.0196. The molecule has 1 unspecified atom stereocenters. The lowest BCUT2D eigenvalue weighted by molar-refractivity contribution is 0.794. The van der Waals surface area contributed by atoms with Crippen molar-refractivity contribution in [1.29, 1.82) is 10.5 Å². The van der Waals surface area contributed by atoms with E-state index in [0.717, 1.165) is 32.3 Å². The van der Waals surface area contributed by atoms with Crippen molar-refractivity contribution in [1.82, 2.24) is 0 Å². The van der Waals surface area contributed by atoms with Crippen LogP contribution in [0.4, 0.5) is 0 Å². The topological polar surface area (TPSA) is 47.6 Å². The molecule has 0 radical (unpaired) electrons. The van der Waals surface area contributed by atoms with Crippen LogP contribution >= 0.6 is 11.3 Å². The van der Waals surface area contributed by atoms with Gasteiger partial charge < -0.3 is 0 Å². The number of nitriles is 2. The van der Waals surface area contributed by atoms with Crippen LogP contribution in [0.15, 0.2) is 170 Å². The SMILES string of the molecule is N#Cc1ccc2c(c1)C1(c3ccccc3-c3cc(-c4cc(-c5ccccc5)cc(-c5ccccc5)c4)ccc31)c1ccc3sc4ccc(C#N)cc4c3c1-2. The van der Waals surface area contributed by atoms with Crippen molar-refractivity contribution in [3.05, 3.63) is 203 Å². The van der Waals surface area contributed by atoms with E-state index in [0.29, 0.717) is 11.1 Å². The number of nitrogens with zero attached hydrogens (tertiary/aromatic N) is 2. The summed E-state index contributed by atoms with van der Waals surface area (Å²) in [6.45, 7) is 0. The first-order valence-corrected chi connectivity index (χ1v) is 18.9. The minimum atomic E-state index is -0.613. The molecule has 9 aromatic rings. The normalized spacial score (nSPS) is 14.7. The van der Waals surface area contributed by atoms with Crippen molar-refractivity contribution in [2.45, 2.75) is 5.41 Å². The van der Waals surface area contributed by atoms with Crippen LogP contribution in [-0.2, 0) is 5.41 Å². The highest BCUT2D eigenvalue weighted by Crippen LogP contribution is 2.65. The third-order valence-corrected chi connectivity index (χ3v) is 12.7. The molecular weight excluding hydrogens is 673 g/mol. The second kappa shape index (κ2) is 11.5. The highest BCUT2D eigenvalue weighted by atomic mass is 32.1. The van der Waals surface area contributed by atoms with E-state index in [1.54, 1.807) is 11.3 Å². The summed E-state index contributed by atoms with van der Waals surface area (Å²) in [6, 6.07) is 65.6. The van der Waals surface area contributed by atoms with Gasteiger partial charge in [-0.1, -0.05) is 109 Å². The van der Waals surface area contributed by atoms with Crippen LogP contribution in [0.2, 0.25) is 0 Å². The summed E-state index contributed by atoms with van der Waals surface area (Å²) >= 11 is 1.77. The summed E-state index contributed by atoms with van der Waals surface area (Å²) in [4.78, 5) is 0. The first-order chi connectivity index (χ1) is 26.6. The lowest BCUT2D eigenvalue weighted by Gasteiger charge is -2.30. The molecular formula is C51H28N2S. The molecule has 2 aliphatic carbocycles. The van der Waals surface area contributed by atoms with Gasteiger partial charge in [-0.25, -0.2) is 0 Å². The lowest BCUT2D eigenvalue weighted by Crippen LogP contribution is -2.26. The zero-order valence-electron chi connectivity index (χ0n) is 29.0. The van der Waals surface area contributed by atoms with E-state index in [-0.39, 0.29) is 0 Å². The number of thiophene rings is 1. The van der Waals surface area contributed by atoms with Crippen LogP contribution in [0.1, 0.15) is 33.4 Å². The first kappa shape index (κ1) is 30.6. The molecule has 0 amide bonds. The van der Waals surface area contributed by atoms with Crippen molar-refractivity contribution in [3.8, 4) is 67.8 Å². The third kappa shape index (κ3) is 4.19. The number of hydrogen-bond donors (Lipinski definition) is 0. The van der Waals surface area contributed by atoms with Crippen LogP contribution < -0.4 is 0 Å². The molecule has 1 spiro atoms. The van der Waals surface area contributed by atoms with E-state index >= 15 is 0 Å². The Kier molecular flexibility index (Phi) is 6.50. The molecule has 0 bridgehead atoms. The van der Waals surface area contributed by atoms with Crippen molar-refractivity contribution in [2.24, 2.45) is 0 Å². The molecule has 0 saturated heterocycles. The van der Waals surface area contributed by atoms with Crippen LogP contribution in [0.5, 0.6) is 0 Å². The van der Waals surface area contributed by atoms with Crippen LogP contribution in [0.25, 0.3) is 75.8 Å². The summed E-state index contributed by atoms with van der Waals surface area (Å²) in [7, 11) is 0. The zero-order chi connectivity index (χ0) is 36.0. The maximum absolute atomic E-state index is 10.2. The van der Waals surface area contributed by atoms with Crippen LogP contribution in [-0.4, -0.2) is 0 Å². The summed E-state index contributed by atoms with van der Waals surface area (Å²) in [6.07, 6.45) is 0. The molecule has 0 saturated carbocycles. The number of fused-ring (bicyclic) bond motifs is 14. The average Bonchev–Trinajstić information content (AvgIpc) is 3.87. The Morgan fingerprint density at radius 3 is 1.70 bits per heavy atom. The van der Waals surface area contributed by atoms with Gasteiger partial charge >= 0.3 is 0 Å². The second-order valence-electron chi connectivity index (χ2n) is 14.2. The van der Waals surface area contributed by atoms with E-state index in [1.807, 2.05) is 18.2 Å². The van der Waals surface area contributed by atoms with Crippen molar-refractivity contribution in [3.63, 3.8) is 0 Å². The van der Waals surface area contributed by atoms with Crippen molar-refractivity contribution < 1.29 is 0 Å². The van der Waals surface area contributed by atoms with Gasteiger partial charge in [0, 0.05) is 20.2 Å². The maximum Gasteiger partial charge on any atom is 0.0991 e. The Hall–Kier alpha value is -7.04. The molecule has 1 aromatic heterocycles. The molecule has 1 atom stereocenters. The van der Waals surface area contributed by atoms with Gasteiger partial charge in [0.25, 0.3) is 0 Å². The fourth-order valence-electron chi connectivity index (χ4n) is 9.25. The molecule has 248 valence electrons. The molecule has 11 rings (SSSR count). The van der Waals surface area contributed by atoms with Gasteiger partial charge in [-0.05, 0) is 139 Å². The van der Waals surface area contributed by atoms with Gasteiger partial charge in [-0.3, -0.25) is 0 Å². The minimum Gasteiger partial charge on any atom is -0.192 e. The van der Waals surface area contributed by atoms with Gasteiger partial charge in [0.1, 0.15) is 0 Å². The Bertz CT molecular complexity index is 3070. The largest absolute Gasteiger partial charge is 0.192 e. The average molecular weight is 701 g/mol. The lowest BCUT2D eigenvalue weighted by atomic mass is 9.70. The predicted octanol–water partition coefficient (Wildman–Crippen LogP) is 13.1. The molecule has 0 aliphatic heterocycles. The second-order valence-corrected chi connectivity index (χ2v) is 15.3. The molecule has 8 aromatic carbocycles. The van der Waals surface area contributed by atoms with E-state index in [1.165, 1.54) is 65.7 Å². The standard InChI is InChI=1S/C51H28N2S/c52-29-31-16-21-47-42(23-31)50-48(54-47)22-20-45-49(50)40-18-15-32(30-53)24-46(40)51(45)43-14-8-7-13-39(43)41-28-35(17-19-44(41)51)38-26-36(33-9-3-1-4-10-33)25-37(27-38)34-11-5-2-6-12-34/h1-28H. The van der Waals surface area contributed by atoms with Gasteiger partial charge in [0.2, 0.25) is 0 Å².